The van der Waals surface area contributed by atoms with Gasteiger partial charge in [0, 0.05) is 57.9 Å². The zero-order valence-corrected chi connectivity index (χ0v) is 16.0. The van der Waals surface area contributed by atoms with Crippen molar-refractivity contribution in [2.45, 2.75) is 39.5 Å². The molecule has 1 spiro atoms. The molecule has 7 nitrogen and oxygen atoms in total. The minimum absolute atomic E-state index is 0.00127. The van der Waals surface area contributed by atoms with Crippen LogP contribution in [0.2, 0.25) is 0 Å². The molecule has 1 aromatic rings. The van der Waals surface area contributed by atoms with Gasteiger partial charge in [-0.15, -0.1) is 0 Å². The van der Waals surface area contributed by atoms with Crippen LogP contribution in [0.1, 0.15) is 47.6 Å². The van der Waals surface area contributed by atoms with Gasteiger partial charge in [0.1, 0.15) is 5.82 Å². The van der Waals surface area contributed by atoms with E-state index in [2.05, 4.69) is 9.97 Å². The molecule has 0 saturated carbocycles. The summed E-state index contributed by atoms with van der Waals surface area (Å²) in [6.45, 7) is 7.29. The Balaban J connectivity index is 1.59. The molecule has 3 rings (SSSR count). The normalized spacial score (nSPS) is 19.4. The fraction of sp³-hybridized carbons (Fsp3) is 0.684. The molecule has 1 aromatic heterocycles. The van der Waals surface area contributed by atoms with Gasteiger partial charge in [-0.2, -0.15) is 0 Å². The second-order valence-electron chi connectivity index (χ2n) is 7.55. The number of amides is 2. The fourth-order valence-electron chi connectivity index (χ4n) is 4.07. The van der Waals surface area contributed by atoms with E-state index in [1.54, 1.807) is 13.3 Å². The average Bonchev–Trinajstić information content (AvgIpc) is 2.90. The minimum atomic E-state index is -0.00127. The van der Waals surface area contributed by atoms with Crippen LogP contribution in [-0.2, 0) is 9.53 Å². The van der Waals surface area contributed by atoms with Crippen molar-refractivity contribution in [2.75, 3.05) is 39.9 Å². The Bertz CT molecular complexity index is 683. The molecular weight excluding hydrogens is 332 g/mol. The first-order valence-electron chi connectivity index (χ1n) is 9.30. The molecule has 3 heterocycles. The molecule has 2 aliphatic heterocycles. The maximum Gasteiger partial charge on any atom is 0.257 e. The molecule has 2 fully saturated rings. The molecule has 0 aliphatic carbocycles. The fourth-order valence-corrected chi connectivity index (χ4v) is 4.07. The van der Waals surface area contributed by atoms with Gasteiger partial charge in [0.25, 0.3) is 5.91 Å². The Labute approximate surface area is 154 Å². The Kier molecular flexibility index (Phi) is 5.55. The molecule has 0 atom stereocenters. The maximum absolute atomic E-state index is 12.8. The summed E-state index contributed by atoms with van der Waals surface area (Å²) in [5.74, 6) is 0.914. The van der Waals surface area contributed by atoms with Crippen LogP contribution in [-0.4, -0.2) is 71.5 Å². The molecule has 0 unspecified atom stereocenters. The second kappa shape index (κ2) is 7.70. The van der Waals surface area contributed by atoms with Crippen molar-refractivity contribution in [1.29, 1.82) is 0 Å². The van der Waals surface area contributed by atoms with Crippen molar-refractivity contribution in [1.82, 2.24) is 19.8 Å². The summed E-state index contributed by atoms with van der Waals surface area (Å²) in [6, 6.07) is 0. The van der Waals surface area contributed by atoms with Gasteiger partial charge in [-0.25, -0.2) is 9.97 Å². The van der Waals surface area contributed by atoms with Gasteiger partial charge >= 0.3 is 0 Å². The zero-order valence-electron chi connectivity index (χ0n) is 16.0. The van der Waals surface area contributed by atoms with Crippen LogP contribution in [0.3, 0.4) is 0 Å². The van der Waals surface area contributed by atoms with E-state index in [0.29, 0.717) is 37.5 Å². The highest BCUT2D eigenvalue weighted by Crippen LogP contribution is 2.41. The Hall–Kier alpha value is -2.02. The Morgan fingerprint density at radius 2 is 2.04 bits per heavy atom. The van der Waals surface area contributed by atoms with Crippen molar-refractivity contribution >= 4 is 11.8 Å². The summed E-state index contributed by atoms with van der Waals surface area (Å²) >= 11 is 0. The molecule has 2 aliphatic rings. The molecule has 2 saturated heterocycles. The number of aromatic nitrogens is 2. The lowest BCUT2D eigenvalue weighted by atomic mass is 9.77. The monoisotopic (exact) mass is 360 g/mol. The standard InChI is InChI=1S/C19H28N4O3/c1-14-16(12-20-15(2)21-14)18(25)22-8-5-19(6-9-22)11-17(24)23(13-19)7-4-10-26-3/h12H,4-11,13H2,1-3H3. The largest absolute Gasteiger partial charge is 0.385 e. The third-order valence-corrected chi connectivity index (χ3v) is 5.62. The molecule has 0 N–H and O–H groups in total. The van der Waals surface area contributed by atoms with Crippen molar-refractivity contribution in [3.63, 3.8) is 0 Å². The first-order chi connectivity index (χ1) is 12.4. The molecule has 7 heteroatoms. The lowest BCUT2D eigenvalue weighted by Crippen LogP contribution is -2.44. The van der Waals surface area contributed by atoms with E-state index in [1.165, 1.54) is 0 Å². The molecule has 0 radical (unpaired) electrons. The molecular formula is C19H28N4O3. The molecule has 0 bridgehead atoms. The third kappa shape index (κ3) is 3.87. The van der Waals surface area contributed by atoms with Crippen molar-refractivity contribution in [3.05, 3.63) is 23.3 Å². The number of rotatable bonds is 5. The van der Waals surface area contributed by atoms with Crippen LogP contribution in [0.15, 0.2) is 6.20 Å². The lowest BCUT2D eigenvalue weighted by Gasteiger charge is -2.39. The highest BCUT2D eigenvalue weighted by atomic mass is 16.5. The van der Waals surface area contributed by atoms with Crippen LogP contribution in [0.4, 0.5) is 0 Å². The smallest absolute Gasteiger partial charge is 0.257 e. The van der Waals surface area contributed by atoms with Crippen molar-refractivity contribution in [3.8, 4) is 0 Å². The molecule has 0 aromatic carbocycles. The first-order valence-corrected chi connectivity index (χ1v) is 9.30. The number of hydrogen-bond donors (Lipinski definition) is 0. The van der Waals surface area contributed by atoms with Gasteiger partial charge in [0.05, 0.1) is 11.3 Å². The number of methoxy groups -OCH3 is 1. The Morgan fingerprint density at radius 1 is 1.31 bits per heavy atom. The highest BCUT2D eigenvalue weighted by Gasteiger charge is 2.45. The van der Waals surface area contributed by atoms with Gasteiger partial charge in [-0.05, 0) is 33.1 Å². The number of ether oxygens (including phenoxy) is 1. The SMILES string of the molecule is COCCCN1CC2(CCN(C(=O)c3cnc(C)nc3C)CC2)CC1=O. The number of hydrogen-bond acceptors (Lipinski definition) is 5. The van der Waals surface area contributed by atoms with Gasteiger partial charge in [0.2, 0.25) is 5.91 Å². The van der Waals surface area contributed by atoms with Gasteiger partial charge < -0.3 is 14.5 Å². The maximum atomic E-state index is 12.8. The van der Waals surface area contributed by atoms with E-state index in [9.17, 15) is 9.59 Å². The van der Waals surface area contributed by atoms with Crippen molar-refractivity contribution in [2.24, 2.45) is 5.41 Å². The quantitative estimate of drug-likeness (QED) is 0.745. The van der Waals surface area contributed by atoms with E-state index >= 15 is 0 Å². The number of aryl methyl sites for hydroxylation is 2. The number of likely N-dealkylation sites (tertiary alicyclic amines) is 2. The summed E-state index contributed by atoms with van der Waals surface area (Å²) in [7, 11) is 1.68. The molecule has 26 heavy (non-hydrogen) atoms. The van der Waals surface area contributed by atoms with Crippen LogP contribution >= 0.6 is 0 Å². The third-order valence-electron chi connectivity index (χ3n) is 5.62. The summed E-state index contributed by atoms with van der Waals surface area (Å²) in [5, 5.41) is 0. The number of carbonyl (C=O) groups is 2. The van der Waals surface area contributed by atoms with Gasteiger partial charge in [-0.3, -0.25) is 9.59 Å². The predicted octanol–water partition coefficient (Wildman–Crippen LogP) is 1.58. The number of nitrogens with zero attached hydrogens (tertiary/aromatic N) is 4. The summed E-state index contributed by atoms with van der Waals surface area (Å²) < 4.78 is 5.08. The van der Waals surface area contributed by atoms with E-state index in [4.69, 9.17) is 4.74 Å². The van der Waals surface area contributed by atoms with E-state index < -0.39 is 0 Å². The highest BCUT2D eigenvalue weighted by molar-refractivity contribution is 5.95. The minimum Gasteiger partial charge on any atom is -0.385 e. The molecule has 2 amide bonds. The summed E-state index contributed by atoms with van der Waals surface area (Å²) in [6.07, 6.45) is 4.85. The second-order valence-corrected chi connectivity index (χ2v) is 7.55. The van der Waals surface area contributed by atoms with Gasteiger partial charge in [-0.1, -0.05) is 0 Å². The lowest BCUT2D eigenvalue weighted by molar-refractivity contribution is -0.128. The number of piperidine rings is 1. The topological polar surface area (TPSA) is 75.6 Å². The van der Waals surface area contributed by atoms with Crippen LogP contribution in [0, 0.1) is 19.3 Å². The average molecular weight is 360 g/mol. The summed E-state index contributed by atoms with van der Waals surface area (Å²) in [4.78, 5) is 37.4. The van der Waals surface area contributed by atoms with Crippen LogP contribution in [0.5, 0.6) is 0 Å². The number of carbonyl (C=O) groups excluding carboxylic acids is 2. The van der Waals surface area contributed by atoms with E-state index in [-0.39, 0.29) is 17.2 Å². The zero-order chi connectivity index (χ0) is 18.7. The Morgan fingerprint density at radius 3 is 2.69 bits per heavy atom. The van der Waals surface area contributed by atoms with Gasteiger partial charge in [0.15, 0.2) is 0 Å². The van der Waals surface area contributed by atoms with Crippen molar-refractivity contribution < 1.29 is 14.3 Å². The van der Waals surface area contributed by atoms with Crippen LogP contribution < -0.4 is 0 Å². The van der Waals surface area contributed by atoms with Crippen LogP contribution in [0.25, 0.3) is 0 Å². The predicted molar refractivity (Wildman–Crippen MR) is 96.8 cm³/mol. The molecule has 142 valence electrons. The summed E-state index contributed by atoms with van der Waals surface area (Å²) in [5.41, 5.74) is 1.33. The first kappa shape index (κ1) is 18.8. The van der Waals surface area contributed by atoms with E-state index in [0.717, 1.165) is 38.0 Å². The van der Waals surface area contributed by atoms with E-state index in [1.807, 2.05) is 23.6 Å².